The Morgan fingerprint density at radius 3 is 0.688 bits per heavy atom. The molecule has 0 fully saturated rings. The minimum absolute atomic E-state index is 0.0645. The number of hydrogen-bond donors (Lipinski definition) is 0. The molecule has 0 aliphatic carbocycles. The van der Waals surface area contributed by atoms with Crippen molar-refractivity contribution < 1.29 is 28.6 Å². The van der Waals surface area contributed by atoms with Crippen molar-refractivity contribution in [2.24, 2.45) is 0 Å². The molecule has 6 heteroatoms. The summed E-state index contributed by atoms with van der Waals surface area (Å²) in [7, 11) is 0. The first kappa shape index (κ1) is 77.9. The summed E-state index contributed by atoms with van der Waals surface area (Å²) in [5.74, 6) is -0.829. The van der Waals surface area contributed by atoms with Gasteiger partial charge in [0.05, 0.1) is 0 Å². The van der Waals surface area contributed by atoms with Gasteiger partial charge in [0.2, 0.25) is 0 Å². The van der Waals surface area contributed by atoms with Gasteiger partial charge in [-0.2, -0.15) is 0 Å². The Labute approximate surface area is 500 Å². The fourth-order valence-electron chi connectivity index (χ4n) is 11.2. The maximum absolute atomic E-state index is 13.0. The van der Waals surface area contributed by atoms with Crippen LogP contribution < -0.4 is 0 Å². The number of allylic oxidation sites excluding steroid dienone is 4. The summed E-state index contributed by atoms with van der Waals surface area (Å²) in [5, 5.41) is 0. The molecule has 0 rings (SSSR count). The van der Waals surface area contributed by atoms with Gasteiger partial charge >= 0.3 is 17.9 Å². The minimum atomic E-state index is -0.769. The maximum Gasteiger partial charge on any atom is 0.306 e. The van der Waals surface area contributed by atoms with Crippen LogP contribution in [0.3, 0.4) is 0 Å². The zero-order valence-corrected chi connectivity index (χ0v) is 54.4. The molecule has 0 aromatic rings. The zero-order chi connectivity index (χ0) is 57.8. The number of rotatable bonds is 68. The molecule has 0 N–H and O–H groups in total. The lowest BCUT2D eigenvalue weighted by atomic mass is 10.0. The first-order valence-electron chi connectivity index (χ1n) is 36.3. The van der Waals surface area contributed by atoms with Gasteiger partial charge < -0.3 is 14.2 Å². The van der Waals surface area contributed by atoms with Crippen molar-refractivity contribution in [2.45, 2.75) is 419 Å². The molecular weight excluding hydrogens is 985 g/mol. The number of unbranched alkanes of at least 4 members (excludes halogenated alkanes) is 53. The summed E-state index contributed by atoms with van der Waals surface area (Å²) in [6.45, 7) is 6.73. The van der Waals surface area contributed by atoms with Gasteiger partial charge in [-0.3, -0.25) is 14.4 Å². The van der Waals surface area contributed by atoms with Crippen molar-refractivity contribution in [1.82, 2.24) is 0 Å². The third-order valence-electron chi connectivity index (χ3n) is 16.7. The topological polar surface area (TPSA) is 78.9 Å². The summed E-state index contributed by atoms with van der Waals surface area (Å²) in [4.78, 5) is 38.5. The molecule has 80 heavy (non-hydrogen) atoms. The zero-order valence-electron chi connectivity index (χ0n) is 54.4. The number of ether oxygens (including phenoxy) is 3. The Bertz CT molecular complexity index is 1290. The highest BCUT2D eigenvalue weighted by atomic mass is 16.6. The lowest BCUT2D eigenvalue weighted by Gasteiger charge is -2.18. The third-order valence-corrected chi connectivity index (χ3v) is 16.7. The molecule has 0 radical (unpaired) electrons. The summed E-state index contributed by atoms with van der Waals surface area (Å²) in [6, 6.07) is 0. The molecule has 0 amide bonds. The van der Waals surface area contributed by atoms with E-state index in [0.29, 0.717) is 19.3 Å². The van der Waals surface area contributed by atoms with Gasteiger partial charge in [0.15, 0.2) is 6.10 Å². The molecule has 6 nitrogen and oxygen atoms in total. The number of carbonyl (C=O) groups excluding carboxylic acids is 3. The SMILES string of the molecule is CCCCCCC/C=C\C/C=C\CCCCCCCCCCCCCC(=O)OCC(COC(=O)CCCCCCCCCCCCCCCCCCCCC)OC(=O)CCCCCCCCCCCCCCCCCCCCCC. The van der Waals surface area contributed by atoms with E-state index >= 15 is 0 Å². The van der Waals surface area contributed by atoms with Crippen LogP contribution in [-0.4, -0.2) is 37.2 Å². The summed E-state index contributed by atoms with van der Waals surface area (Å²) in [5.41, 5.74) is 0. The molecule has 0 saturated carbocycles. The molecule has 0 spiro atoms. The highest BCUT2D eigenvalue weighted by Crippen LogP contribution is 2.19. The maximum atomic E-state index is 13.0. The van der Waals surface area contributed by atoms with Crippen molar-refractivity contribution in [3.8, 4) is 0 Å². The Balaban J connectivity index is 4.29. The largest absolute Gasteiger partial charge is 0.462 e. The summed E-state index contributed by atoms with van der Waals surface area (Å²) in [6.07, 6.45) is 84.9. The summed E-state index contributed by atoms with van der Waals surface area (Å²) >= 11 is 0. The van der Waals surface area contributed by atoms with Gasteiger partial charge in [0.25, 0.3) is 0 Å². The van der Waals surface area contributed by atoms with Gasteiger partial charge in [-0.15, -0.1) is 0 Å². The van der Waals surface area contributed by atoms with E-state index in [1.54, 1.807) is 0 Å². The molecule has 0 bridgehead atoms. The van der Waals surface area contributed by atoms with E-state index < -0.39 is 6.10 Å². The molecule has 0 heterocycles. The van der Waals surface area contributed by atoms with Crippen LogP contribution in [0.5, 0.6) is 0 Å². The van der Waals surface area contributed by atoms with Gasteiger partial charge in [-0.25, -0.2) is 0 Å². The molecular formula is C74H140O6. The number of esters is 3. The van der Waals surface area contributed by atoms with Crippen molar-refractivity contribution in [1.29, 1.82) is 0 Å². The minimum Gasteiger partial charge on any atom is -0.462 e. The molecule has 0 aromatic heterocycles. The van der Waals surface area contributed by atoms with Crippen LogP contribution in [0.4, 0.5) is 0 Å². The smallest absolute Gasteiger partial charge is 0.306 e. The second kappa shape index (κ2) is 69.4. The van der Waals surface area contributed by atoms with E-state index in [1.165, 1.54) is 308 Å². The lowest BCUT2D eigenvalue weighted by Crippen LogP contribution is -2.30. The lowest BCUT2D eigenvalue weighted by molar-refractivity contribution is -0.167. The first-order valence-corrected chi connectivity index (χ1v) is 36.3. The number of hydrogen-bond acceptors (Lipinski definition) is 6. The van der Waals surface area contributed by atoms with Crippen molar-refractivity contribution in [2.75, 3.05) is 13.2 Å². The van der Waals surface area contributed by atoms with Gasteiger partial charge in [0.1, 0.15) is 13.2 Å². The van der Waals surface area contributed by atoms with Crippen LogP contribution in [-0.2, 0) is 28.6 Å². The van der Waals surface area contributed by atoms with E-state index in [-0.39, 0.29) is 31.1 Å². The normalized spacial score (nSPS) is 12.1. The molecule has 0 aromatic carbocycles. The molecule has 0 aliphatic rings. The average molecular weight is 1130 g/mol. The molecule has 1 atom stereocenters. The van der Waals surface area contributed by atoms with Crippen LogP contribution in [0.2, 0.25) is 0 Å². The van der Waals surface area contributed by atoms with Gasteiger partial charge in [-0.1, -0.05) is 366 Å². The molecule has 0 saturated heterocycles. The Morgan fingerprint density at radius 2 is 0.450 bits per heavy atom. The predicted molar refractivity (Wildman–Crippen MR) is 349 cm³/mol. The van der Waals surface area contributed by atoms with Crippen LogP contribution in [0.1, 0.15) is 412 Å². The average Bonchev–Trinajstić information content (AvgIpc) is 3.46. The third kappa shape index (κ3) is 66.7. The van der Waals surface area contributed by atoms with Gasteiger partial charge in [0, 0.05) is 19.3 Å². The van der Waals surface area contributed by atoms with Crippen LogP contribution in [0, 0.1) is 0 Å². The Hall–Kier alpha value is -2.11. The Kier molecular flexibility index (Phi) is 67.6. The van der Waals surface area contributed by atoms with Crippen LogP contribution in [0.25, 0.3) is 0 Å². The second-order valence-electron chi connectivity index (χ2n) is 24.9. The predicted octanol–water partition coefficient (Wildman–Crippen LogP) is 25.0. The van der Waals surface area contributed by atoms with E-state index in [2.05, 4.69) is 45.1 Å². The summed E-state index contributed by atoms with van der Waals surface area (Å²) < 4.78 is 17.0. The Morgan fingerprint density at radius 1 is 0.250 bits per heavy atom. The number of carbonyl (C=O) groups is 3. The molecule has 0 aliphatic heterocycles. The fourth-order valence-corrected chi connectivity index (χ4v) is 11.2. The monoisotopic (exact) mass is 1130 g/mol. The van der Waals surface area contributed by atoms with E-state index in [0.717, 1.165) is 64.2 Å². The standard InChI is InChI=1S/C74H140O6/c1-4-7-10-13-16-19-22-25-28-31-34-36-37-38-41-43-46-49-52-55-58-61-64-67-73(76)79-70-71(69-78-72(75)66-63-60-57-54-51-48-45-42-39-33-30-27-24-21-18-15-12-9-6-3)80-74(77)68-65-62-59-56-53-50-47-44-40-35-32-29-26-23-20-17-14-11-8-5-2/h22,25,31,34,71H,4-21,23-24,26-30,32-33,35-70H2,1-3H3/b25-22-,34-31-. The van der Waals surface area contributed by atoms with E-state index in [1.807, 2.05) is 0 Å². The highest BCUT2D eigenvalue weighted by Gasteiger charge is 2.19. The molecule has 1 unspecified atom stereocenters. The van der Waals surface area contributed by atoms with Crippen LogP contribution >= 0.6 is 0 Å². The van der Waals surface area contributed by atoms with Crippen molar-refractivity contribution >= 4 is 17.9 Å². The molecule has 472 valence electrons. The second-order valence-corrected chi connectivity index (χ2v) is 24.9. The highest BCUT2D eigenvalue weighted by molar-refractivity contribution is 5.71. The van der Waals surface area contributed by atoms with Crippen molar-refractivity contribution in [3.63, 3.8) is 0 Å². The fraction of sp³-hybridized carbons (Fsp3) is 0.905. The van der Waals surface area contributed by atoms with E-state index in [9.17, 15) is 14.4 Å². The first-order chi connectivity index (χ1) is 39.5. The van der Waals surface area contributed by atoms with E-state index in [4.69, 9.17) is 14.2 Å². The van der Waals surface area contributed by atoms with Gasteiger partial charge in [-0.05, 0) is 51.4 Å². The quantitative estimate of drug-likeness (QED) is 0.0261. The van der Waals surface area contributed by atoms with Crippen molar-refractivity contribution in [3.05, 3.63) is 24.3 Å². The van der Waals surface area contributed by atoms with Crippen LogP contribution in [0.15, 0.2) is 24.3 Å².